The Hall–Kier alpha value is -1.02. The van der Waals surface area contributed by atoms with Gasteiger partial charge in [0.25, 0.3) is 0 Å². The predicted molar refractivity (Wildman–Crippen MR) is 87.8 cm³/mol. The molecule has 0 aliphatic heterocycles. The Morgan fingerprint density at radius 3 is 2.29 bits per heavy atom. The standard InChI is InChI=1S/C19H30O2/c1-5-19(3,4)16-11-13-18(14-12-16)21-15(2)20-17-9-7-6-8-10-17/h11-15,17H,5-10H2,1-4H3. The summed E-state index contributed by atoms with van der Waals surface area (Å²) >= 11 is 0. The summed E-state index contributed by atoms with van der Waals surface area (Å²) in [6.45, 7) is 8.78. The minimum absolute atomic E-state index is 0.168. The van der Waals surface area contributed by atoms with Gasteiger partial charge in [0.1, 0.15) is 5.75 Å². The van der Waals surface area contributed by atoms with E-state index in [0.717, 1.165) is 12.2 Å². The van der Waals surface area contributed by atoms with Gasteiger partial charge in [0.05, 0.1) is 6.10 Å². The fourth-order valence-electron chi connectivity index (χ4n) is 2.88. The third-order valence-electron chi connectivity index (χ3n) is 4.76. The van der Waals surface area contributed by atoms with Crippen molar-refractivity contribution in [3.05, 3.63) is 29.8 Å². The van der Waals surface area contributed by atoms with Crippen molar-refractivity contribution in [2.24, 2.45) is 0 Å². The Morgan fingerprint density at radius 1 is 1.10 bits per heavy atom. The zero-order chi connectivity index (χ0) is 15.3. The zero-order valence-corrected chi connectivity index (χ0v) is 14.0. The second-order valence-corrected chi connectivity index (χ2v) is 6.84. The van der Waals surface area contributed by atoms with Gasteiger partial charge >= 0.3 is 0 Å². The number of hydrogen-bond donors (Lipinski definition) is 0. The smallest absolute Gasteiger partial charge is 0.197 e. The molecule has 118 valence electrons. The molecule has 1 atom stereocenters. The average molecular weight is 290 g/mol. The summed E-state index contributed by atoms with van der Waals surface area (Å²) in [4.78, 5) is 0. The maximum absolute atomic E-state index is 5.99. The van der Waals surface area contributed by atoms with Crippen molar-refractivity contribution in [2.45, 2.75) is 84.0 Å². The van der Waals surface area contributed by atoms with Crippen LogP contribution in [0.25, 0.3) is 0 Å². The first-order valence-corrected chi connectivity index (χ1v) is 8.44. The van der Waals surface area contributed by atoms with E-state index >= 15 is 0 Å². The Balaban J connectivity index is 1.87. The Kier molecular flexibility index (Phi) is 5.69. The SMILES string of the molecule is CCC(C)(C)c1ccc(OC(C)OC2CCCCC2)cc1. The molecule has 1 aliphatic carbocycles. The van der Waals surface area contributed by atoms with Gasteiger partial charge in [0.15, 0.2) is 6.29 Å². The minimum atomic E-state index is -0.168. The van der Waals surface area contributed by atoms with Crippen LogP contribution in [-0.2, 0) is 10.2 Å². The third kappa shape index (κ3) is 4.74. The maximum Gasteiger partial charge on any atom is 0.197 e. The topological polar surface area (TPSA) is 18.5 Å². The Bertz CT molecular complexity index is 416. The van der Waals surface area contributed by atoms with E-state index in [2.05, 4.69) is 45.0 Å². The van der Waals surface area contributed by atoms with E-state index in [1.807, 2.05) is 6.92 Å². The lowest BCUT2D eigenvalue weighted by molar-refractivity contribution is -0.116. The number of rotatable bonds is 6. The van der Waals surface area contributed by atoms with Crippen LogP contribution in [-0.4, -0.2) is 12.4 Å². The van der Waals surface area contributed by atoms with Gasteiger partial charge in [-0.25, -0.2) is 0 Å². The molecule has 2 nitrogen and oxygen atoms in total. The van der Waals surface area contributed by atoms with Gasteiger partial charge in [-0.1, -0.05) is 52.2 Å². The molecule has 0 heterocycles. The fourth-order valence-corrected chi connectivity index (χ4v) is 2.88. The molecule has 0 aromatic heterocycles. The molecule has 1 aromatic rings. The largest absolute Gasteiger partial charge is 0.465 e. The first-order valence-electron chi connectivity index (χ1n) is 8.44. The first kappa shape index (κ1) is 16.4. The predicted octanol–water partition coefficient (Wildman–Crippen LogP) is 5.45. The van der Waals surface area contributed by atoms with Crippen LogP contribution in [0.2, 0.25) is 0 Å². The second kappa shape index (κ2) is 7.31. The Morgan fingerprint density at radius 2 is 1.71 bits per heavy atom. The summed E-state index contributed by atoms with van der Waals surface area (Å²) in [6, 6.07) is 8.47. The van der Waals surface area contributed by atoms with Gasteiger partial charge in [-0.05, 0) is 49.3 Å². The van der Waals surface area contributed by atoms with Crippen molar-refractivity contribution < 1.29 is 9.47 Å². The van der Waals surface area contributed by atoms with Crippen molar-refractivity contribution in [2.75, 3.05) is 0 Å². The van der Waals surface area contributed by atoms with Crippen LogP contribution in [0.4, 0.5) is 0 Å². The first-order chi connectivity index (χ1) is 10.0. The summed E-state index contributed by atoms with van der Waals surface area (Å²) in [5.74, 6) is 0.897. The van der Waals surface area contributed by atoms with Crippen molar-refractivity contribution in [1.82, 2.24) is 0 Å². The molecule has 0 bridgehead atoms. The van der Waals surface area contributed by atoms with E-state index in [9.17, 15) is 0 Å². The normalized spacial score (nSPS) is 18.5. The lowest BCUT2D eigenvalue weighted by atomic mass is 9.82. The van der Waals surface area contributed by atoms with E-state index in [4.69, 9.17) is 9.47 Å². The van der Waals surface area contributed by atoms with E-state index in [1.54, 1.807) is 0 Å². The minimum Gasteiger partial charge on any atom is -0.465 e. The number of benzene rings is 1. The van der Waals surface area contributed by atoms with Crippen LogP contribution in [0.15, 0.2) is 24.3 Å². The van der Waals surface area contributed by atoms with Crippen LogP contribution < -0.4 is 4.74 Å². The number of hydrogen-bond acceptors (Lipinski definition) is 2. The van der Waals surface area contributed by atoms with E-state index in [1.165, 1.54) is 37.7 Å². The van der Waals surface area contributed by atoms with Gasteiger partial charge < -0.3 is 9.47 Å². The summed E-state index contributed by atoms with van der Waals surface area (Å²) in [6.07, 6.45) is 7.63. The molecular weight excluding hydrogens is 260 g/mol. The van der Waals surface area contributed by atoms with Gasteiger partial charge in [0.2, 0.25) is 0 Å². The highest BCUT2D eigenvalue weighted by molar-refractivity contribution is 5.31. The van der Waals surface area contributed by atoms with Gasteiger partial charge in [0, 0.05) is 0 Å². The molecule has 1 saturated carbocycles. The molecule has 1 fully saturated rings. The third-order valence-corrected chi connectivity index (χ3v) is 4.76. The van der Waals surface area contributed by atoms with Crippen LogP contribution in [0, 0.1) is 0 Å². The highest BCUT2D eigenvalue weighted by Crippen LogP contribution is 2.28. The summed E-state index contributed by atoms with van der Waals surface area (Å²) in [7, 11) is 0. The van der Waals surface area contributed by atoms with E-state index in [-0.39, 0.29) is 11.7 Å². The quantitative estimate of drug-likeness (QED) is 0.649. The van der Waals surface area contributed by atoms with E-state index in [0.29, 0.717) is 6.10 Å². The molecule has 1 aromatic carbocycles. The molecule has 0 radical (unpaired) electrons. The van der Waals surface area contributed by atoms with Crippen molar-refractivity contribution in [3.63, 3.8) is 0 Å². The summed E-state index contributed by atoms with van der Waals surface area (Å²) in [5.41, 5.74) is 1.58. The highest BCUT2D eigenvalue weighted by atomic mass is 16.7. The van der Waals surface area contributed by atoms with Gasteiger partial charge in [-0.3, -0.25) is 0 Å². The van der Waals surface area contributed by atoms with Crippen LogP contribution in [0.3, 0.4) is 0 Å². The molecular formula is C19H30O2. The lowest BCUT2D eigenvalue weighted by Crippen LogP contribution is -2.26. The summed E-state index contributed by atoms with van der Waals surface area (Å²) in [5, 5.41) is 0. The fraction of sp³-hybridized carbons (Fsp3) is 0.684. The molecule has 2 rings (SSSR count). The zero-order valence-electron chi connectivity index (χ0n) is 14.0. The van der Waals surface area contributed by atoms with Crippen LogP contribution in [0.5, 0.6) is 5.75 Å². The highest BCUT2D eigenvalue weighted by Gasteiger charge is 2.19. The van der Waals surface area contributed by atoms with Crippen LogP contribution in [0.1, 0.15) is 71.8 Å². The molecule has 0 spiro atoms. The van der Waals surface area contributed by atoms with Gasteiger partial charge in [-0.15, -0.1) is 0 Å². The molecule has 0 N–H and O–H groups in total. The number of ether oxygens (including phenoxy) is 2. The monoisotopic (exact) mass is 290 g/mol. The molecule has 21 heavy (non-hydrogen) atoms. The molecule has 0 saturated heterocycles. The van der Waals surface area contributed by atoms with Crippen molar-refractivity contribution >= 4 is 0 Å². The van der Waals surface area contributed by atoms with Crippen molar-refractivity contribution in [1.29, 1.82) is 0 Å². The van der Waals surface area contributed by atoms with Gasteiger partial charge in [-0.2, -0.15) is 0 Å². The molecule has 0 amide bonds. The van der Waals surface area contributed by atoms with E-state index < -0.39 is 0 Å². The van der Waals surface area contributed by atoms with Crippen LogP contribution >= 0.6 is 0 Å². The molecule has 1 unspecified atom stereocenters. The average Bonchev–Trinajstić information content (AvgIpc) is 2.48. The lowest BCUT2D eigenvalue weighted by Gasteiger charge is -2.26. The molecule has 2 heteroatoms. The second-order valence-electron chi connectivity index (χ2n) is 6.84. The maximum atomic E-state index is 5.99. The summed E-state index contributed by atoms with van der Waals surface area (Å²) < 4.78 is 11.9. The Labute approximate surface area is 129 Å². The van der Waals surface area contributed by atoms with Crippen molar-refractivity contribution in [3.8, 4) is 5.75 Å². The molecule has 1 aliphatic rings.